The van der Waals surface area contributed by atoms with Gasteiger partial charge in [-0.05, 0) is 24.0 Å². The van der Waals surface area contributed by atoms with Gasteiger partial charge in [0.05, 0.1) is 16.5 Å². The zero-order valence-corrected chi connectivity index (χ0v) is 13.4. The fourth-order valence-corrected chi connectivity index (χ4v) is 2.87. The van der Waals surface area contributed by atoms with Gasteiger partial charge in [0.2, 0.25) is 0 Å². The summed E-state index contributed by atoms with van der Waals surface area (Å²) in [5.74, 6) is -0.104. The molecule has 0 aliphatic carbocycles. The number of halogens is 1. The minimum absolute atomic E-state index is 0.0675. The molecule has 3 nitrogen and oxygen atoms in total. The van der Waals surface area contributed by atoms with Gasteiger partial charge in [0.25, 0.3) is 5.91 Å². The molecule has 2 rings (SSSR count). The molecule has 0 fully saturated rings. The molecule has 0 radical (unpaired) electrons. The number of hydrogen-bond acceptors (Lipinski definition) is 2. The minimum Gasteiger partial charge on any atom is -0.351 e. The van der Waals surface area contributed by atoms with Gasteiger partial charge in [0, 0.05) is 18.1 Å². The van der Waals surface area contributed by atoms with Gasteiger partial charge in [-0.25, -0.2) is 0 Å². The first-order chi connectivity index (χ1) is 9.87. The average Bonchev–Trinajstić information content (AvgIpc) is 2.42. The molecular weight excluding hydrogens is 284 g/mol. The highest BCUT2D eigenvalue weighted by Gasteiger charge is 2.18. The lowest BCUT2D eigenvalue weighted by Crippen LogP contribution is -2.31. The maximum absolute atomic E-state index is 12.3. The maximum Gasteiger partial charge on any atom is 0.252 e. The number of pyridine rings is 1. The maximum atomic E-state index is 12.3. The van der Waals surface area contributed by atoms with Crippen molar-refractivity contribution in [3.63, 3.8) is 0 Å². The summed E-state index contributed by atoms with van der Waals surface area (Å²) in [5, 5.41) is 3.71. The number of nitrogens with zero attached hydrogens (tertiary/aromatic N) is 1. The normalized spacial score (nSPS) is 13.1. The van der Waals surface area contributed by atoms with E-state index in [2.05, 4.69) is 31.1 Å². The van der Waals surface area contributed by atoms with Crippen molar-refractivity contribution in [1.82, 2.24) is 10.3 Å². The van der Waals surface area contributed by atoms with E-state index in [1.54, 1.807) is 12.3 Å². The highest BCUT2D eigenvalue weighted by Crippen LogP contribution is 2.23. The molecule has 0 bridgehead atoms. The molecule has 1 aromatic carbocycles. The average molecular weight is 305 g/mol. The molecule has 0 aliphatic rings. The van der Waals surface area contributed by atoms with E-state index in [1.807, 2.05) is 24.3 Å². The highest BCUT2D eigenvalue weighted by atomic mass is 35.5. The van der Waals surface area contributed by atoms with Crippen molar-refractivity contribution >= 4 is 28.4 Å². The molecule has 4 heteroatoms. The van der Waals surface area contributed by atoms with Crippen LogP contribution in [0.15, 0.2) is 36.5 Å². The molecule has 1 amide bonds. The van der Waals surface area contributed by atoms with Crippen LogP contribution in [0, 0.1) is 5.41 Å². The van der Waals surface area contributed by atoms with Crippen molar-refractivity contribution in [3.05, 3.63) is 42.1 Å². The smallest absolute Gasteiger partial charge is 0.252 e. The SMILES string of the molecule is CC(C)(C)CC(Cl)CNC(=O)c1ccnc2ccccc12. The van der Waals surface area contributed by atoms with Crippen molar-refractivity contribution in [3.8, 4) is 0 Å². The first kappa shape index (κ1) is 15.8. The Bertz CT molecular complexity index is 629. The van der Waals surface area contributed by atoms with Crippen molar-refractivity contribution in [1.29, 1.82) is 0 Å². The summed E-state index contributed by atoms with van der Waals surface area (Å²) in [7, 11) is 0. The number of rotatable bonds is 4. The Hall–Kier alpha value is -1.61. The minimum atomic E-state index is -0.104. The lowest BCUT2D eigenvalue weighted by Gasteiger charge is -2.22. The number of hydrogen-bond donors (Lipinski definition) is 1. The van der Waals surface area contributed by atoms with Crippen LogP contribution in [0.25, 0.3) is 10.9 Å². The summed E-state index contributed by atoms with van der Waals surface area (Å²) in [4.78, 5) is 16.6. The van der Waals surface area contributed by atoms with Gasteiger partial charge < -0.3 is 5.32 Å². The topological polar surface area (TPSA) is 42.0 Å². The van der Waals surface area contributed by atoms with Crippen molar-refractivity contribution in [2.24, 2.45) is 5.41 Å². The summed E-state index contributed by atoms with van der Waals surface area (Å²) < 4.78 is 0. The molecule has 0 aliphatic heterocycles. The van der Waals surface area contributed by atoms with Crippen LogP contribution in [0.2, 0.25) is 0 Å². The molecule has 1 heterocycles. The third kappa shape index (κ3) is 4.43. The molecule has 1 atom stereocenters. The van der Waals surface area contributed by atoms with Gasteiger partial charge in [0.15, 0.2) is 0 Å². The van der Waals surface area contributed by atoms with Crippen LogP contribution in [-0.2, 0) is 0 Å². The monoisotopic (exact) mass is 304 g/mol. The lowest BCUT2D eigenvalue weighted by molar-refractivity contribution is 0.0953. The van der Waals surface area contributed by atoms with Crippen LogP contribution in [0.1, 0.15) is 37.6 Å². The van der Waals surface area contributed by atoms with E-state index in [4.69, 9.17) is 11.6 Å². The second-order valence-electron chi connectivity index (χ2n) is 6.45. The summed E-state index contributed by atoms with van der Waals surface area (Å²) in [6.45, 7) is 6.88. The van der Waals surface area contributed by atoms with E-state index in [1.165, 1.54) is 0 Å². The van der Waals surface area contributed by atoms with Crippen LogP contribution >= 0.6 is 11.6 Å². The summed E-state index contributed by atoms with van der Waals surface area (Å²) in [5.41, 5.74) is 1.61. The fourth-order valence-electron chi connectivity index (χ4n) is 2.33. The summed E-state index contributed by atoms with van der Waals surface area (Å²) in [6.07, 6.45) is 2.51. The third-order valence-corrected chi connectivity index (χ3v) is 3.52. The van der Waals surface area contributed by atoms with Crippen molar-refractivity contribution in [2.45, 2.75) is 32.6 Å². The number of fused-ring (bicyclic) bond motifs is 1. The molecule has 0 saturated heterocycles. The van der Waals surface area contributed by atoms with Gasteiger partial charge in [-0.3, -0.25) is 9.78 Å². The van der Waals surface area contributed by atoms with Gasteiger partial charge in [-0.15, -0.1) is 11.6 Å². The number of amides is 1. The Morgan fingerprint density at radius 3 is 2.71 bits per heavy atom. The predicted molar refractivity (Wildman–Crippen MR) is 87.8 cm³/mol. The number of aromatic nitrogens is 1. The second kappa shape index (κ2) is 6.44. The highest BCUT2D eigenvalue weighted by molar-refractivity contribution is 6.21. The standard InChI is InChI=1S/C17H21ClN2O/c1-17(2,3)10-12(18)11-20-16(21)14-8-9-19-15-7-5-4-6-13(14)15/h4-9,12H,10-11H2,1-3H3,(H,20,21). The molecule has 1 aromatic heterocycles. The van der Waals surface area contributed by atoms with Gasteiger partial charge >= 0.3 is 0 Å². The van der Waals surface area contributed by atoms with E-state index in [-0.39, 0.29) is 16.7 Å². The van der Waals surface area contributed by atoms with E-state index >= 15 is 0 Å². The molecule has 2 aromatic rings. The van der Waals surface area contributed by atoms with Gasteiger partial charge in [-0.2, -0.15) is 0 Å². The van der Waals surface area contributed by atoms with Crippen LogP contribution < -0.4 is 5.32 Å². The predicted octanol–water partition coefficient (Wildman–Crippen LogP) is 4.01. The zero-order chi connectivity index (χ0) is 15.5. The Morgan fingerprint density at radius 2 is 2.00 bits per heavy atom. The number of carbonyl (C=O) groups excluding carboxylic acids is 1. The van der Waals surface area contributed by atoms with Crippen LogP contribution in [0.4, 0.5) is 0 Å². The van der Waals surface area contributed by atoms with E-state index < -0.39 is 0 Å². The van der Waals surface area contributed by atoms with E-state index in [0.717, 1.165) is 17.3 Å². The third-order valence-electron chi connectivity index (χ3n) is 3.21. The van der Waals surface area contributed by atoms with Gasteiger partial charge in [-0.1, -0.05) is 39.0 Å². The first-order valence-electron chi connectivity index (χ1n) is 7.13. The number of alkyl halides is 1. The van der Waals surface area contributed by atoms with Crippen LogP contribution in [-0.4, -0.2) is 22.8 Å². The molecule has 0 saturated carbocycles. The van der Waals surface area contributed by atoms with Crippen LogP contribution in [0.3, 0.4) is 0 Å². The molecule has 112 valence electrons. The number of nitrogens with one attached hydrogen (secondary N) is 1. The second-order valence-corrected chi connectivity index (χ2v) is 7.06. The van der Waals surface area contributed by atoms with E-state index in [9.17, 15) is 4.79 Å². The quantitative estimate of drug-likeness (QED) is 0.867. The Balaban J connectivity index is 2.06. The molecular formula is C17H21ClN2O. The van der Waals surface area contributed by atoms with E-state index in [0.29, 0.717) is 12.1 Å². The largest absolute Gasteiger partial charge is 0.351 e. The molecule has 21 heavy (non-hydrogen) atoms. The lowest BCUT2D eigenvalue weighted by atomic mass is 9.90. The number of benzene rings is 1. The fraction of sp³-hybridized carbons (Fsp3) is 0.412. The number of para-hydroxylation sites is 1. The Kier molecular flexibility index (Phi) is 4.84. The number of carbonyl (C=O) groups is 1. The Morgan fingerprint density at radius 1 is 1.29 bits per heavy atom. The summed E-state index contributed by atoms with van der Waals surface area (Å²) >= 11 is 6.29. The molecule has 1 N–H and O–H groups in total. The molecule has 0 spiro atoms. The van der Waals surface area contributed by atoms with Crippen molar-refractivity contribution < 1.29 is 4.79 Å². The Labute approximate surface area is 130 Å². The first-order valence-corrected chi connectivity index (χ1v) is 7.56. The van der Waals surface area contributed by atoms with Crippen LogP contribution in [0.5, 0.6) is 0 Å². The van der Waals surface area contributed by atoms with Gasteiger partial charge in [0.1, 0.15) is 0 Å². The molecule has 1 unspecified atom stereocenters. The summed E-state index contributed by atoms with van der Waals surface area (Å²) in [6, 6.07) is 9.37. The zero-order valence-electron chi connectivity index (χ0n) is 12.7. The van der Waals surface area contributed by atoms with Crippen molar-refractivity contribution in [2.75, 3.05) is 6.54 Å².